The molecule has 0 heterocycles. The summed E-state index contributed by atoms with van der Waals surface area (Å²) >= 11 is 0. The molecule has 0 N–H and O–H groups in total. The molecule has 0 aliphatic rings. The first kappa shape index (κ1) is 8.70. The highest BCUT2D eigenvalue weighted by molar-refractivity contribution is 4.87. The Morgan fingerprint density at radius 3 is 2.67 bits per heavy atom. The molecule has 0 saturated heterocycles. The van der Waals surface area contributed by atoms with Crippen molar-refractivity contribution in [3.8, 4) is 0 Å². The Kier molecular flexibility index (Phi) is 5.64. The van der Waals surface area contributed by atoms with Crippen molar-refractivity contribution in [2.75, 3.05) is 13.2 Å². The maximum atomic E-state index is 5.20. The lowest BCUT2D eigenvalue weighted by atomic mass is 10.3. The van der Waals surface area contributed by atoms with Crippen LogP contribution in [0.15, 0.2) is 12.2 Å². The van der Waals surface area contributed by atoms with E-state index in [2.05, 4.69) is 13.5 Å². The van der Waals surface area contributed by atoms with Crippen molar-refractivity contribution >= 4 is 0 Å². The van der Waals surface area contributed by atoms with Gasteiger partial charge in [-0.25, -0.2) is 0 Å². The van der Waals surface area contributed by atoms with E-state index in [0.29, 0.717) is 6.61 Å². The second-order valence-electron chi connectivity index (χ2n) is 2.22. The van der Waals surface area contributed by atoms with Crippen molar-refractivity contribution in [3.63, 3.8) is 0 Å². The molecule has 0 aromatic heterocycles. The van der Waals surface area contributed by atoms with Crippen molar-refractivity contribution in [2.45, 2.75) is 19.8 Å². The van der Waals surface area contributed by atoms with Gasteiger partial charge in [-0.2, -0.15) is 0 Å². The topological polar surface area (TPSA) is 9.23 Å². The van der Waals surface area contributed by atoms with Crippen molar-refractivity contribution < 1.29 is 4.74 Å². The molecule has 1 heteroatoms. The molecule has 0 bridgehead atoms. The van der Waals surface area contributed by atoms with Gasteiger partial charge in [-0.15, -0.1) is 0 Å². The molecule has 9 heavy (non-hydrogen) atoms. The minimum absolute atomic E-state index is 0.694. The first-order valence-electron chi connectivity index (χ1n) is 3.28. The Balaban J connectivity index is 2.83. The second kappa shape index (κ2) is 5.83. The monoisotopic (exact) mass is 127 g/mol. The lowest BCUT2D eigenvalue weighted by molar-refractivity contribution is 0.154. The fraction of sp³-hybridized carbons (Fsp3) is 0.625. The van der Waals surface area contributed by atoms with Gasteiger partial charge in [0.2, 0.25) is 0 Å². The van der Waals surface area contributed by atoms with Crippen LogP contribution in [0, 0.1) is 6.92 Å². The smallest absolute Gasteiger partial charge is 0.0671 e. The van der Waals surface area contributed by atoms with E-state index in [9.17, 15) is 0 Å². The predicted octanol–water partition coefficient (Wildman–Crippen LogP) is 2.19. The molecule has 1 nitrogen and oxygen atoms in total. The molecule has 53 valence electrons. The SMILES string of the molecule is [CH2]CCCOCC(=C)C. The maximum Gasteiger partial charge on any atom is 0.0671 e. The van der Waals surface area contributed by atoms with Gasteiger partial charge in [0.15, 0.2) is 0 Å². The Morgan fingerprint density at radius 2 is 2.22 bits per heavy atom. The van der Waals surface area contributed by atoms with Gasteiger partial charge in [-0.05, 0) is 13.3 Å². The van der Waals surface area contributed by atoms with Gasteiger partial charge in [-0.1, -0.05) is 25.5 Å². The van der Waals surface area contributed by atoms with Gasteiger partial charge in [0.25, 0.3) is 0 Å². The largest absolute Gasteiger partial charge is 0.377 e. The van der Waals surface area contributed by atoms with E-state index >= 15 is 0 Å². The van der Waals surface area contributed by atoms with Crippen LogP contribution in [-0.2, 0) is 4.74 Å². The molecule has 0 unspecified atom stereocenters. The van der Waals surface area contributed by atoms with Crippen LogP contribution in [0.4, 0.5) is 0 Å². The zero-order valence-corrected chi connectivity index (χ0v) is 6.15. The Labute approximate surface area is 57.7 Å². The third-order valence-electron chi connectivity index (χ3n) is 0.887. The summed E-state index contributed by atoms with van der Waals surface area (Å²) in [6.07, 6.45) is 2.00. The summed E-state index contributed by atoms with van der Waals surface area (Å²) in [6.45, 7) is 10.9. The van der Waals surface area contributed by atoms with Crippen molar-refractivity contribution in [2.24, 2.45) is 0 Å². The molecule has 0 aliphatic carbocycles. The van der Waals surface area contributed by atoms with Crippen molar-refractivity contribution in [1.29, 1.82) is 0 Å². The molecule has 0 aliphatic heterocycles. The number of unbranched alkanes of at least 4 members (excludes halogenated alkanes) is 1. The van der Waals surface area contributed by atoms with E-state index in [1.807, 2.05) is 6.92 Å². The predicted molar refractivity (Wildman–Crippen MR) is 40.2 cm³/mol. The third kappa shape index (κ3) is 7.70. The molecular formula is C8H15O. The van der Waals surface area contributed by atoms with Crippen molar-refractivity contribution in [3.05, 3.63) is 19.1 Å². The Morgan fingerprint density at radius 1 is 1.56 bits per heavy atom. The molecule has 0 aromatic carbocycles. The zero-order valence-electron chi connectivity index (χ0n) is 6.15. The molecule has 0 spiro atoms. The van der Waals surface area contributed by atoms with Crippen LogP contribution < -0.4 is 0 Å². The van der Waals surface area contributed by atoms with Crippen LogP contribution in [0.25, 0.3) is 0 Å². The molecule has 0 saturated carbocycles. The van der Waals surface area contributed by atoms with Crippen LogP contribution in [0.1, 0.15) is 19.8 Å². The molecule has 0 amide bonds. The average molecular weight is 127 g/mol. The number of hydrogen-bond donors (Lipinski definition) is 0. The highest BCUT2D eigenvalue weighted by Gasteiger charge is 1.85. The molecule has 0 rings (SSSR count). The molecular weight excluding hydrogens is 112 g/mol. The zero-order chi connectivity index (χ0) is 7.11. The van der Waals surface area contributed by atoms with E-state index in [1.165, 1.54) is 0 Å². The van der Waals surface area contributed by atoms with Crippen molar-refractivity contribution in [1.82, 2.24) is 0 Å². The molecule has 0 aromatic rings. The van der Waals surface area contributed by atoms with E-state index in [4.69, 9.17) is 4.74 Å². The summed E-state index contributed by atoms with van der Waals surface area (Å²) in [5, 5.41) is 0. The van der Waals surface area contributed by atoms with Gasteiger partial charge in [0, 0.05) is 6.61 Å². The molecule has 0 atom stereocenters. The summed E-state index contributed by atoms with van der Waals surface area (Å²) in [6, 6.07) is 0. The standard InChI is InChI=1S/C8H15O/c1-4-5-6-9-7-8(2)3/h1-2,4-7H2,3H3. The fourth-order valence-electron chi connectivity index (χ4n) is 0.451. The average Bonchev–Trinajstić information content (AvgIpc) is 1.80. The third-order valence-corrected chi connectivity index (χ3v) is 0.887. The lowest BCUT2D eigenvalue weighted by Gasteiger charge is -2.00. The molecule has 1 radical (unpaired) electrons. The quantitative estimate of drug-likeness (QED) is 0.406. The summed E-state index contributed by atoms with van der Waals surface area (Å²) in [5.41, 5.74) is 1.08. The van der Waals surface area contributed by atoms with Gasteiger partial charge < -0.3 is 4.74 Å². The lowest BCUT2D eigenvalue weighted by Crippen LogP contribution is -1.96. The van der Waals surface area contributed by atoms with Crippen LogP contribution in [0.5, 0.6) is 0 Å². The number of hydrogen-bond acceptors (Lipinski definition) is 1. The first-order valence-corrected chi connectivity index (χ1v) is 3.28. The highest BCUT2D eigenvalue weighted by atomic mass is 16.5. The Bertz CT molecular complexity index is 76.6. The highest BCUT2D eigenvalue weighted by Crippen LogP contribution is 1.91. The fourth-order valence-corrected chi connectivity index (χ4v) is 0.451. The summed E-state index contributed by atoms with van der Waals surface area (Å²) in [4.78, 5) is 0. The van der Waals surface area contributed by atoms with Gasteiger partial charge in [0.1, 0.15) is 0 Å². The van der Waals surface area contributed by atoms with Crippen LogP contribution in [0.2, 0.25) is 0 Å². The van der Waals surface area contributed by atoms with Crippen LogP contribution in [0.3, 0.4) is 0 Å². The summed E-state index contributed by atoms with van der Waals surface area (Å²) in [5.74, 6) is 0. The minimum atomic E-state index is 0.694. The maximum absolute atomic E-state index is 5.20. The second-order valence-corrected chi connectivity index (χ2v) is 2.22. The molecule has 0 fully saturated rings. The van der Waals surface area contributed by atoms with Crippen LogP contribution in [-0.4, -0.2) is 13.2 Å². The number of ether oxygens (including phenoxy) is 1. The van der Waals surface area contributed by atoms with Gasteiger partial charge in [0.05, 0.1) is 6.61 Å². The minimum Gasteiger partial charge on any atom is -0.377 e. The summed E-state index contributed by atoms with van der Waals surface area (Å²) in [7, 11) is 0. The van der Waals surface area contributed by atoms with E-state index in [1.54, 1.807) is 0 Å². The summed E-state index contributed by atoms with van der Waals surface area (Å²) < 4.78 is 5.20. The Hall–Kier alpha value is -0.300. The van der Waals surface area contributed by atoms with E-state index in [-0.39, 0.29) is 0 Å². The number of rotatable bonds is 5. The van der Waals surface area contributed by atoms with Gasteiger partial charge in [-0.3, -0.25) is 0 Å². The van der Waals surface area contributed by atoms with E-state index in [0.717, 1.165) is 25.0 Å². The van der Waals surface area contributed by atoms with Gasteiger partial charge >= 0.3 is 0 Å². The first-order chi connectivity index (χ1) is 4.27. The normalized spacial score (nSPS) is 9.56. The van der Waals surface area contributed by atoms with Crippen LogP contribution >= 0.6 is 0 Å². The van der Waals surface area contributed by atoms with E-state index < -0.39 is 0 Å².